The van der Waals surface area contributed by atoms with Crippen LogP contribution in [-0.4, -0.2) is 34.1 Å². The average Bonchev–Trinajstić information content (AvgIpc) is 2.77. The summed E-state index contributed by atoms with van der Waals surface area (Å²) in [6, 6.07) is 10.2. The van der Waals surface area contributed by atoms with E-state index in [4.69, 9.17) is 0 Å². The number of rotatable bonds is 4. The first-order valence-corrected chi connectivity index (χ1v) is 6.58. The largest absolute Gasteiger partial charge is 0.480 e. The van der Waals surface area contributed by atoms with Gasteiger partial charge >= 0.3 is 5.97 Å². The van der Waals surface area contributed by atoms with Crippen molar-refractivity contribution >= 4 is 5.97 Å². The quantitative estimate of drug-likeness (QED) is 0.889. The summed E-state index contributed by atoms with van der Waals surface area (Å²) in [5, 5.41) is 9.63. The highest BCUT2D eigenvalue weighted by Crippen LogP contribution is 2.29. The predicted molar refractivity (Wildman–Crippen MR) is 71.6 cm³/mol. The van der Waals surface area contributed by atoms with Crippen molar-refractivity contribution < 1.29 is 9.90 Å². The highest BCUT2D eigenvalue weighted by atomic mass is 16.4. The summed E-state index contributed by atoms with van der Waals surface area (Å²) in [6.07, 6.45) is 2.75. The Labute approximate surface area is 108 Å². The molecule has 0 aliphatic carbocycles. The fourth-order valence-corrected chi connectivity index (χ4v) is 2.96. The molecule has 2 unspecified atom stereocenters. The van der Waals surface area contributed by atoms with Gasteiger partial charge in [0.15, 0.2) is 0 Å². The summed E-state index contributed by atoms with van der Waals surface area (Å²) < 4.78 is 0. The molecule has 3 nitrogen and oxygen atoms in total. The number of likely N-dealkylation sites (tertiary alicyclic amines) is 1. The maximum Gasteiger partial charge on any atom is 0.324 e. The minimum Gasteiger partial charge on any atom is -0.480 e. The van der Waals surface area contributed by atoms with Crippen molar-refractivity contribution in [3.63, 3.8) is 0 Å². The van der Waals surface area contributed by atoms with Crippen LogP contribution in [0.2, 0.25) is 0 Å². The van der Waals surface area contributed by atoms with Crippen LogP contribution in [0, 0.1) is 0 Å². The highest BCUT2D eigenvalue weighted by molar-refractivity contribution is 5.79. The molecule has 1 aromatic carbocycles. The van der Waals surface area contributed by atoms with Gasteiger partial charge in [0.05, 0.1) is 0 Å². The number of benzene rings is 1. The molecule has 0 amide bonds. The van der Waals surface area contributed by atoms with E-state index >= 15 is 0 Å². The smallest absolute Gasteiger partial charge is 0.324 e. The molecule has 1 fully saturated rings. The molecule has 18 heavy (non-hydrogen) atoms. The van der Waals surface area contributed by atoms with E-state index in [1.165, 1.54) is 0 Å². The first-order chi connectivity index (χ1) is 8.54. The molecule has 1 N–H and O–H groups in total. The Balaban J connectivity index is 2.24. The van der Waals surface area contributed by atoms with Crippen LogP contribution in [0.5, 0.6) is 0 Å². The van der Waals surface area contributed by atoms with Crippen LogP contribution in [0.25, 0.3) is 0 Å². The van der Waals surface area contributed by atoms with Crippen molar-refractivity contribution in [3.05, 3.63) is 35.9 Å². The highest BCUT2D eigenvalue weighted by Gasteiger charge is 2.43. The molecule has 2 rings (SSSR count). The fourth-order valence-electron chi connectivity index (χ4n) is 2.96. The number of aliphatic carboxylic acids is 1. The van der Waals surface area contributed by atoms with Gasteiger partial charge in [-0.2, -0.15) is 0 Å². The third-order valence-electron chi connectivity index (χ3n) is 4.04. The second-order valence-corrected chi connectivity index (χ2v) is 5.43. The summed E-state index contributed by atoms with van der Waals surface area (Å²) in [4.78, 5) is 13.9. The van der Waals surface area contributed by atoms with Crippen molar-refractivity contribution in [3.8, 4) is 0 Å². The van der Waals surface area contributed by atoms with Gasteiger partial charge in [-0.1, -0.05) is 30.3 Å². The number of carboxylic acids is 1. The Morgan fingerprint density at radius 1 is 1.44 bits per heavy atom. The molecule has 0 aromatic heterocycles. The summed E-state index contributed by atoms with van der Waals surface area (Å²) in [5.41, 5.74) is 0.290. The number of carbonyl (C=O) groups is 1. The van der Waals surface area contributed by atoms with E-state index < -0.39 is 11.5 Å². The zero-order valence-corrected chi connectivity index (χ0v) is 11.1. The van der Waals surface area contributed by atoms with Crippen molar-refractivity contribution in [2.75, 3.05) is 6.54 Å². The van der Waals surface area contributed by atoms with E-state index in [9.17, 15) is 9.90 Å². The van der Waals surface area contributed by atoms with Gasteiger partial charge in [0.25, 0.3) is 0 Å². The maximum atomic E-state index is 11.7. The lowest BCUT2D eigenvalue weighted by molar-refractivity contribution is -0.151. The molecule has 2 atom stereocenters. The molecule has 0 radical (unpaired) electrons. The van der Waals surface area contributed by atoms with Gasteiger partial charge in [0.1, 0.15) is 5.54 Å². The summed E-state index contributed by atoms with van der Waals surface area (Å²) >= 11 is 0. The van der Waals surface area contributed by atoms with Gasteiger partial charge in [-0.15, -0.1) is 0 Å². The van der Waals surface area contributed by atoms with Crippen LogP contribution in [0.1, 0.15) is 32.3 Å². The lowest BCUT2D eigenvalue weighted by Gasteiger charge is -2.38. The van der Waals surface area contributed by atoms with Crippen LogP contribution in [-0.2, 0) is 11.2 Å². The minimum atomic E-state index is -0.794. The molecule has 0 saturated carbocycles. The monoisotopic (exact) mass is 247 g/mol. The van der Waals surface area contributed by atoms with Crippen molar-refractivity contribution in [1.82, 2.24) is 4.90 Å². The van der Waals surface area contributed by atoms with Crippen LogP contribution in [0.4, 0.5) is 0 Å². The maximum absolute atomic E-state index is 11.7. The molecular weight excluding hydrogens is 226 g/mol. The van der Waals surface area contributed by atoms with E-state index in [-0.39, 0.29) is 0 Å². The van der Waals surface area contributed by atoms with Crippen LogP contribution in [0.3, 0.4) is 0 Å². The third-order valence-corrected chi connectivity index (χ3v) is 4.04. The first-order valence-electron chi connectivity index (χ1n) is 6.58. The average molecular weight is 247 g/mol. The van der Waals surface area contributed by atoms with Crippen LogP contribution in [0.15, 0.2) is 30.3 Å². The zero-order chi connectivity index (χ0) is 13.2. The lowest BCUT2D eigenvalue weighted by Crippen LogP contribution is -2.55. The second kappa shape index (κ2) is 5.11. The van der Waals surface area contributed by atoms with Gasteiger partial charge in [0.2, 0.25) is 0 Å². The number of nitrogens with zero attached hydrogens (tertiary/aromatic N) is 1. The Hall–Kier alpha value is -1.35. The third kappa shape index (κ3) is 2.41. The second-order valence-electron chi connectivity index (χ2n) is 5.43. The fraction of sp³-hybridized carbons (Fsp3) is 0.533. The Morgan fingerprint density at radius 2 is 2.11 bits per heavy atom. The van der Waals surface area contributed by atoms with E-state index in [2.05, 4.69) is 11.8 Å². The lowest BCUT2D eigenvalue weighted by atomic mass is 9.90. The molecule has 3 heteroatoms. The Kier molecular flexibility index (Phi) is 3.71. The summed E-state index contributed by atoms with van der Waals surface area (Å²) in [5.74, 6) is -0.722. The van der Waals surface area contributed by atoms with Crippen molar-refractivity contribution in [1.29, 1.82) is 0 Å². The first kappa shape index (κ1) is 13.1. The SMILES string of the molecule is CC1CCCN1C(C)(Cc1ccccc1)C(=O)O. The number of carboxylic acid groups (broad SMARTS) is 1. The molecular formula is C15H21NO2. The summed E-state index contributed by atoms with van der Waals surface area (Å²) in [6.45, 7) is 4.86. The standard InChI is InChI=1S/C15H21NO2/c1-12-7-6-10-16(12)15(2,14(17)18)11-13-8-4-3-5-9-13/h3-5,8-9,12H,6-7,10-11H2,1-2H3,(H,17,18). The van der Waals surface area contributed by atoms with Crippen molar-refractivity contribution in [2.24, 2.45) is 0 Å². The Morgan fingerprint density at radius 3 is 2.61 bits per heavy atom. The molecule has 1 aromatic rings. The van der Waals surface area contributed by atoms with Gasteiger partial charge in [-0.3, -0.25) is 9.69 Å². The molecule has 0 spiro atoms. The van der Waals surface area contributed by atoms with E-state index in [0.717, 1.165) is 24.9 Å². The van der Waals surface area contributed by atoms with Gasteiger partial charge < -0.3 is 5.11 Å². The van der Waals surface area contributed by atoms with Crippen molar-refractivity contribution in [2.45, 2.75) is 44.7 Å². The molecule has 1 aliphatic rings. The topological polar surface area (TPSA) is 40.5 Å². The van der Waals surface area contributed by atoms with E-state index in [0.29, 0.717) is 12.5 Å². The normalized spacial score (nSPS) is 23.8. The zero-order valence-electron chi connectivity index (χ0n) is 11.1. The number of hydrogen-bond acceptors (Lipinski definition) is 2. The van der Waals surface area contributed by atoms with Gasteiger partial charge in [-0.05, 0) is 38.8 Å². The molecule has 0 bridgehead atoms. The van der Waals surface area contributed by atoms with Crippen LogP contribution >= 0.6 is 0 Å². The molecule has 98 valence electrons. The van der Waals surface area contributed by atoms with Gasteiger partial charge in [-0.25, -0.2) is 0 Å². The predicted octanol–water partition coefficient (Wildman–Crippen LogP) is 2.56. The molecule has 1 aliphatic heterocycles. The van der Waals surface area contributed by atoms with E-state index in [1.807, 2.05) is 37.3 Å². The van der Waals surface area contributed by atoms with E-state index in [1.54, 1.807) is 0 Å². The number of hydrogen-bond donors (Lipinski definition) is 1. The Bertz CT molecular complexity index is 418. The molecule has 1 saturated heterocycles. The summed E-state index contributed by atoms with van der Waals surface area (Å²) in [7, 11) is 0. The molecule has 1 heterocycles. The minimum absolute atomic E-state index is 0.356. The van der Waals surface area contributed by atoms with Gasteiger partial charge in [0, 0.05) is 12.5 Å². The van der Waals surface area contributed by atoms with Crippen LogP contribution < -0.4 is 0 Å².